The van der Waals surface area contributed by atoms with Crippen molar-refractivity contribution >= 4 is 17.7 Å². The van der Waals surface area contributed by atoms with E-state index in [1.54, 1.807) is 4.90 Å². The van der Waals surface area contributed by atoms with Gasteiger partial charge in [0.25, 0.3) is 5.91 Å². The van der Waals surface area contributed by atoms with Crippen LogP contribution in [0.5, 0.6) is 0 Å². The number of imide groups is 1. The number of pyridine rings is 1. The first-order valence-electron chi connectivity index (χ1n) is 11.5. The number of likely N-dealkylation sites (tertiary alicyclic amines) is 1. The minimum atomic E-state index is -0.607. The molecule has 1 aliphatic carbocycles. The van der Waals surface area contributed by atoms with Gasteiger partial charge in [0.2, 0.25) is 11.8 Å². The molecule has 3 fully saturated rings. The van der Waals surface area contributed by atoms with Crippen LogP contribution in [-0.2, 0) is 22.7 Å². The normalized spacial score (nSPS) is 24.5. The van der Waals surface area contributed by atoms with Gasteiger partial charge in [-0.2, -0.15) is 0 Å². The van der Waals surface area contributed by atoms with E-state index in [1.165, 1.54) is 5.56 Å². The van der Waals surface area contributed by atoms with Gasteiger partial charge >= 0.3 is 0 Å². The fourth-order valence-electron chi connectivity index (χ4n) is 5.93. The molecule has 2 N–H and O–H groups in total. The van der Waals surface area contributed by atoms with E-state index in [9.17, 15) is 19.5 Å². The van der Waals surface area contributed by atoms with Gasteiger partial charge in [0.15, 0.2) is 0 Å². The molecule has 1 saturated carbocycles. The number of carbonyl (C=O) groups is 3. The van der Waals surface area contributed by atoms with E-state index in [1.807, 2.05) is 30.5 Å². The van der Waals surface area contributed by atoms with Gasteiger partial charge in [-0.05, 0) is 54.7 Å². The minimum Gasteiger partial charge on any atom is -0.393 e. The molecule has 4 heterocycles. The molecular weight excluding hydrogens is 420 g/mol. The number of carbonyl (C=O) groups excluding carboxylic acids is 3. The molecule has 3 amide bonds. The first kappa shape index (κ1) is 20.5. The summed E-state index contributed by atoms with van der Waals surface area (Å²) in [5.41, 5.74) is 4.82. The Labute approximate surface area is 191 Å². The Hall–Kier alpha value is -3.10. The lowest BCUT2D eigenvalue weighted by atomic mass is 9.62. The summed E-state index contributed by atoms with van der Waals surface area (Å²) in [5.74, 6) is -0.848. The molecule has 33 heavy (non-hydrogen) atoms. The van der Waals surface area contributed by atoms with Crippen LogP contribution >= 0.6 is 0 Å². The molecule has 6 rings (SSSR count). The fraction of sp³-hybridized carbons (Fsp3) is 0.440. The first-order valence-corrected chi connectivity index (χ1v) is 11.5. The van der Waals surface area contributed by atoms with Gasteiger partial charge in [0.05, 0.1) is 11.8 Å². The van der Waals surface area contributed by atoms with E-state index in [-0.39, 0.29) is 24.3 Å². The Balaban J connectivity index is 1.17. The van der Waals surface area contributed by atoms with E-state index >= 15 is 0 Å². The smallest absolute Gasteiger partial charge is 0.255 e. The van der Waals surface area contributed by atoms with Crippen molar-refractivity contribution in [3.05, 3.63) is 53.2 Å². The second kappa shape index (κ2) is 7.46. The van der Waals surface area contributed by atoms with Crippen molar-refractivity contribution in [2.45, 2.75) is 50.9 Å². The van der Waals surface area contributed by atoms with E-state index in [4.69, 9.17) is 0 Å². The predicted molar refractivity (Wildman–Crippen MR) is 119 cm³/mol. The van der Waals surface area contributed by atoms with Crippen molar-refractivity contribution in [1.82, 2.24) is 20.1 Å². The van der Waals surface area contributed by atoms with Gasteiger partial charge in [-0.1, -0.05) is 6.07 Å². The van der Waals surface area contributed by atoms with Gasteiger partial charge in [0.1, 0.15) is 6.04 Å². The Kier molecular flexibility index (Phi) is 4.64. The number of rotatable bonds is 4. The third kappa shape index (κ3) is 3.54. The Morgan fingerprint density at radius 2 is 1.94 bits per heavy atom. The maximum Gasteiger partial charge on any atom is 0.255 e. The molecule has 8 nitrogen and oxygen atoms in total. The Morgan fingerprint density at radius 3 is 2.70 bits per heavy atom. The van der Waals surface area contributed by atoms with Crippen molar-refractivity contribution in [1.29, 1.82) is 0 Å². The van der Waals surface area contributed by atoms with E-state index < -0.39 is 11.9 Å². The van der Waals surface area contributed by atoms with Crippen LogP contribution in [0.4, 0.5) is 0 Å². The summed E-state index contributed by atoms with van der Waals surface area (Å²) in [4.78, 5) is 45.2. The summed E-state index contributed by atoms with van der Waals surface area (Å²) in [6.07, 6.45) is 4.16. The summed E-state index contributed by atoms with van der Waals surface area (Å²) in [5, 5.41) is 11.9. The van der Waals surface area contributed by atoms with Gasteiger partial charge in [-0.3, -0.25) is 29.6 Å². The maximum atomic E-state index is 12.9. The summed E-state index contributed by atoms with van der Waals surface area (Å²) < 4.78 is 0. The summed E-state index contributed by atoms with van der Waals surface area (Å²) in [6.45, 7) is 3.30. The molecule has 3 aliphatic heterocycles. The van der Waals surface area contributed by atoms with Gasteiger partial charge < -0.3 is 10.0 Å². The molecule has 8 heteroatoms. The number of aromatic nitrogens is 1. The highest BCUT2D eigenvalue weighted by atomic mass is 16.3. The van der Waals surface area contributed by atoms with Crippen LogP contribution in [0.15, 0.2) is 36.5 Å². The number of nitrogens with zero attached hydrogens (tertiary/aromatic N) is 3. The van der Waals surface area contributed by atoms with Crippen LogP contribution in [0.2, 0.25) is 0 Å². The average Bonchev–Trinajstić information content (AvgIpc) is 3.07. The van der Waals surface area contributed by atoms with Crippen LogP contribution in [-0.4, -0.2) is 62.8 Å². The monoisotopic (exact) mass is 446 g/mol. The standard InChI is InChI=1S/C25H26N4O4/c30-18-9-25(10-18)13-28(14-25)11-15-5-6-26-20(7-15)16-1-2-19-17(8-16)12-29(24(19)33)21-3-4-22(31)27-23(21)32/h1-2,5-8,18,21,30H,3-4,9-14H2,(H,27,31,32)/t21-/m0/s1. The zero-order chi connectivity index (χ0) is 22.7. The van der Waals surface area contributed by atoms with Crippen molar-refractivity contribution in [2.75, 3.05) is 13.1 Å². The van der Waals surface area contributed by atoms with Crippen molar-refractivity contribution in [3.63, 3.8) is 0 Å². The molecule has 170 valence electrons. The molecule has 0 unspecified atom stereocenters. The van der Waals surface area contributed by atoms with Crippen LogP contribution in [0.1, 0.15) is 47.2 Å². The van der Waals surface area contributed by atoms with Crippen LogP contribution in [0.3, 0.4) is 0 Å². The quantitative estimate of drug-likeness (QED) is 0.690. The Morgan fingerprint density at radius 1 is 1.12 bits per heavy atom. The van der Waals surface area contributed by atoms with Crippen molar-refractivity contribution in [2.24, 2.45) is 5.41 Å². The predicted octanol–water partition coefficient (Wildman–Crippen LogP) is 1.47. The largest absolute Gasteiger partial charge is 0.393 e. The molecule has 2 aromatic rings. The summed E-state index contributed by atoms with van der Waals surface area (Å²) in [7, 11) is 0. The third-order valence-corrected chi connectivity index (χ3v) is 7.51. The number of aliphatic hydroxyl groups excluding tert-OH is 1. The topological polar surface area (TPSA) is 103 Å². The van der Waals surface area contributed by atoms with Crippen molar-refractivity contribution < 1.29 is 19.5 Å². The van der Waals surface area contributed by atoms with E-state index in [0.29, 0.717) is 23.9 Å². The van der Waals surface area contributed by atoms with Crippen molar-refractivity contribution in [3.8, 4) is 11.3 Å². The van der Waals surface area contributed by atoms with Gasteiger partial charge in [0, 0.05) is 55.3 Å². The summed E-state index contributed by atoms with van der Waals surface area (Å²) >= 11 is 0. The SMILES string of the molecule is O=C1CC[C@H](N2Cc3cc(-c4cc(CN5CC6(CC(O)C6)C5)ccn4)ccc3C2=O)C(=O)N1. The zero-order valence-electron chi connectivity index (χ0n) is 18.3. The molecule has 4 aliphatic rings. The van der Waals surface area contributed by atoms with Gasteiger partial charge in [-0.25, -0.2) is 0 Å². The minimum absolute atomic E-state index is 0.114. The number of aliphatic hydroxyl groups is 1. The highest BCUT2D eigenvalue weighted by Crippen LogP contribution is 2.48. The zero-order valence-corrected chi connectivity index (χ0v) is 18.3. The number of hydrogen-bond donors (Lipinski definition) is 2. The first-order chi connectivity index (χ1) is 15.9. The molecule has 1 atom stereocenters. The second-order valence-corrected chi connectivity index (χ2v) is 10.0. The third-order valence-electron chi connectivity index (χ3n) is 7.51. The number of hydrogen-bond acceptors (Lipinski definition) is 6. The molecule has 1 aromatic carbocycles. The van der Waals surface area contributed by atoms with E-state index in [0.717, 1.165) is 49.3 Å². The summed E-state index contributed by atoms with van der Waals surface area (Å²) in [6, 6.07) is 9.23. The molecular formula is C25H26N4O4. The highest BCUT2D eigenvalue weighted by molar-refractivity contribution is 6.05. The number of fused-ring (bicyclic) bond motifs is 1. The molecule has 0 bridgehead atoms. The average molecular weight is 447 g/mol. The number of amides is 3. The lowest BCUT2D eigenvalue weighted by Crippen LogP contribution is -2.63. The second-order valence-electron chi connectivity index (χ2n) is 10.0. The number of nitrogens with one attached hydrogen (secondary N) is 1. The van der Waals surface area contributed by atoms with Crippen LogP contribution in [0, 0.1) is 5.41 Å². The number of benzene rings is 1. The molecule has 2 saturated heterocycles. The lowest BCUT2D eigenvalue weighted by molar-refractivity contribution is -0.137. The molecule has 0 radical (unpaired) electrons. The maximum absolute atomic E-state index is 12.9. The molecule has 1 spiro atoms. The van der Waals surface area contributed by atoms with E-state index in [2.05, 4.69) is 21.3 Å². The highest BCUT2D eigenvalue weighted by Gasteiger charge is 2.51. The van der Waals surface area contributed by atoms with Crippen LogP contribution in [0.25, 0.3) is 11.3 Å². The lowest BCUT2D eigenvalue weighted by Gasteiger charge is -2.58. The van der Waals surface area contributed by atoms with Crippen LogP contribution < -0.4 is 5.32 Å². The Bertz CT molecular complexity index is 1160. The fourth-order valence-corrected chi connectivity index (χ4v) is 5.93. The van der Waals surface area contributed by atoms with Gasteiger partial charge in [-0.15, -0.1) is 0 Å². The number of piperidine rings is 1. The molecule has 1 aromatic heterocycles.